The summed E-state index contributed by atoms with van der Waals surface area (Å²) in [7, 11) is 0. The molecule has 0 saturated heterocycles. The van der Waals surface area contributed by atoms with E-state index in [4.69, 9.17) is 10.5 Å². The van der Waals surface area contributed by atoms with E-state index in [0.717, 1.165) is 4.47 Å². The van der Waals surface area contributed by atoms with Gasteiger partial charge in [0.25, 0.3) is 0 Å². The molecular weight excluding hydrogens is 315 g/mol. The van der Waals surface area contributed by atoms with Crippen molar-refractivity contribution in [2.45, 2.75) is 25.8 Å². The smallest absolute Gasteiger partial charge is 0.240 e. The van der Waals surface area contributed by atoms with E-state index in [0.29, 0.717) is 17.9 Å². The molecule has 0 fully saturated rings. The maximum absolute atomic E-state index is 12.3. The van der Waals surface area contributed by atoms with Gasteiger partial charge >= 0.3 is 0 Å². The van der Waals surface area contributed by atoms with Crippen molar-refractivity contribution in [2.75, 3.05) is 6.61 Å². The van der Waals surface area contributed by atoms with E-state index in [1.165, 1.54) is 0 Å². The van der Waals surface area contributed by atoms with Crippen LogP contribution < -0.4 is 10.5 Å². The van der Waals surface area contributed by atoms with Crippen LogP contribution in [0.25, 0.3) is 0 Å². The molecule has 2 nitrogen and oxygen atoms in total. The van der Waals surface area contributed by atoms with E-state index in [9.17, 15) is 8.78 Å². The van der Waals surface area contributed by atoms with Crippen LogP contribution >= 0.6 is 28.3 Å². The number of ether oxygens (including phenoxy) is 1. The molecule has 0 aliphatic heterocycles. The molecule has 0 amide bonds. The van der Waals surface area contributed by atoms with E-state index < -0.39 is 12.5 Å². The summed E-state index contributed by atoms with van der Waals surface area (Å²) in [6.45, 7) is 2.32. The monoisotopic (exact) mass is 329 g/mol. The third kappa shape index (κ3) is 5.19. The summed E-state index contributed by atoms with van der Waals surface area (Å²) in [5.41, 5.74) is 6.32. The second kappa shape index (κ2) is 7.84. The topological polar surface area (TPSA) is 35.2 Å². The lowest BCUT2D eigenvalue weighted by atomic mass is 10.0. The molecule has 0 aliphatic rings. The van der Waals surface area contributed by atoms with E-state index in [-0.39, 0.29) is 18.8 Å². The van der Waals surface area contributed by atoms with Gasteiger partial charge in [0.1, 0.15) is 5.75 Å². The van der Waals surface area contributed by atoms with Gasteiger partial charge in [0.05, 0.1) is 6.61 Å². The van der Waals surface area contributed by atoms with Gasteiger partial charge in [-0.3, -0.25) is 0 Å². The summed E-state index contributed by atoms with van der Waals surface area (Å²) in [6.07, 6.45) is -2.78. The zero-order chi connectivity index (χ0) is 12.1. The van der Waals surface area contributed by atoms with Crippen LogP contribution in [0.4, 0.5) is 8.78 Å². The fourth-order valence-electron chi connectivity index (χ4n) is 1.41. The van der Waals surface area contributed by atoms with Gasteiger partial charge in [-0.05, 0) is 25.1 Å². The summed E-state index contributed by atoms with van der Waals surface area (Å²) < 4.78 is 30.7. The molecule has 6 heteroatoms. The van der Waals surface area contributed by atoms with Crippen LogP contribution in [0.5, 0.6) is 5.75 Å². The molecule has 98 valence electrons. The highest BCUT2D eigenvalue weighted by molar-refractivity contribution is 9.10. The Morgan fingerprint density at radius 2 is 2.06 bits per heavy atom. The van der Waals surface area contributed by atoms with E-state index in [2.05, 4.69) is 15.9 Å². The van der Waals surface area contributed by atoms with Gasteiger partial charge in [0.15, 0.2) is 0 Å². The Morgan fingerprint density at radius 1 is 1.41 bits per heavy atom. The Hall–Kier alpha value is -0.390. The normalized spacial score (nSPS) is 12.1. The molecule has 1 atom stereocenters. The Balaban J connectivity index is 0.00000256. The summed E-state index contributed by atoms with van der Waals surface area (Å²) >= 11 is 3.28. The van der Waals surface area contributed by atoms with Crippen LogP contribution in [0.2, 0.25) is 0 Å². The van der Waals surface area contributed by atoms with Crippen LogP contribution in [0.15, 0.2) is 22.7 Å². The number of alkyl halides is 2. The zero-order valence-corrected chi connectivity index (χ0v) is 11.7. The first-order valence-electron chi connectivity index (χ1n) is 5.00. The molecule has 1 rings (SSSR count). The number of halogens is 4. The van der Waals surface area contributed by atoms with Crippen LogP contribution in [-0.2, 0) is 0 Å². The van der Waals surface area contributed by atoms with Crippen molar-refractivity contribution >= 4 is 28.3 Å². The second-order valence-electron chi connectivity index (χ2n) is 3.35. The average molecular weight is 331 g/mol. The maximum atomic E-state index is 12.3. The molecule has 1 aromatic rings. The maximum Gasteiger partial charge on any atom is 0.240 e. The van der Waals surface area contributed by atoms with Crippen molar-refractivity contribution in [3.63, 3.8) is 0 Å². The van der Waals surface area contributed by atoms with E-state index in [1.54, 1.807) is 18.2 Å². The highest BCUT2D eigenvalue weighted by Gasteiger charge is 2.17. The van der Waals surface area contributed by atoms with Gasteiger partial charge in [-0.1, -0.05) is 15.9 Å². The molecule has 17 heavy (non-hydrogen) atoms. The predicted octanol–water partition coefficient (Wildman–Crippen LogP) is 3.92. The van der Waals surface area contributed by atoms with Crippen LogP contribution in [0, 0.1) is 0 Å². The second-order valence-corrected chi connectivity index (χ2v) is 4.26. The van der Waals surface area contributed by atoms with Crippen LogP contribution in [-0.4, -0.2) is 13.0 Å². The molecule has 0 heterocycles. The molecule has 0 unspecified atom stereocenters. The SMILES string of the molecule is CCOc1ccc(Br)cc1[C@H](N)CC(F)F.Cl. The molecule has 0 radical (unpaired) electrons. The molecule has 0 saturated carbocycles. The highest BCUT2D eigenvalue weighted by Crippen LogP contribution is 2.30. The van der Waals surface area contributed by atoms with Crippen molar-refractivity contribution in [1.29, 1.82) is 0 Å². The Kier molecular flexibility index (Phi) is 7.66. The fourth-order valence-corrected chi connectivity index (χ4v) is 1.79. The van der Waals surface area contributed by atoms with E-state index in [1.807, 2.05) is 6.92 Å². The lowest BCUT2D eigenvalue weighted by Crippen LogP contribution is -2.15. The quantitative estimate of drug-likeness (QED) is 0.888. The fraction of sp³-hybridized carbons (Fsp3) is 0.455. The minimum absolute atomic E-state index is 0. The number of benzene rings is 1. The Labute approximate surface area is 114 Å². The number of hydrogen-bond donors (Lipinski definition) is 1. The summed E-state index contributed by atoms with van der Waals surface area (Å²) in [4.78, 5) is 0. The first-order valence-corrected chi connectivity index (χ1v) is 5.79. The molecule has 0 spiro atoms. The summed E-state index contributed by atoms with van der Waals surface area (Å²) in [5, 5.41) is 0. The van der Waals surface area contributed by atoms with Gasteiger partial charge in [0.2, 0.25) is 6.43 Å². The van der Waals surface area contributed by atoms with Crippen molar-refractivity contribution in [1.82, 2.24) is 0 Å². The minimum atomic E-state index is -2.41. The molecule has 2 N–H and O–H groups in total. The third-order valence-corrected chi connectivity index (χ3v) is 2.60. The zero-order valence-electron chi connectivity index (χ0n) is 9.33. The first-order chi connectivity index (χ1) is 7.54. The lowest BCUT2D eigenvalue weighted by molar-refractivity contribution is 0.128. The van der Waals surface area contributed by atoms with Gasteiger partial charge in [-0.2, -0.15) is 0 Å². The average Bonchev–Trinajstić information content (AvgIpc) is 2.20. The van der Waals surface area contributed by atoms with Crippen molar-refractivity contribution in [3.05, 3.63) is 28.2 Å². The predicted molar refractivity (Wildman–Crippen MR) is 70.1 cm³/mol. The summed E-state index contributed by atoms with van der Waals surface area (Å²) in [5.74, 6) is 0.568. The minimum Gasteiger partial charge on any atom is -0.494 e. The molecular formula is C11H15BrClF2NO. The summed E-state index contributed by atoms with van der Waals surface area (Å²) in [6, 6.07) is 4.54. The number of hydrogen-bond acceptors (Lipinski definition) is 2. The molecule has 0 aliphatic carbocycles. The van der Waals surface area contributed by atoms with Crippen molar-refractivity contribution in [2.24, 2.45) is 5.73 Å². The van der Waals surface area contributed by atoms with Crippen molar-refractivity contribution in [3.8, 4) is 5.75 Å². The lowest BCUT2D eigenvalue weighted by Gasteiger charge is -2.16. The molecule has 1 aromatic carbocycles. The standard InChI is InChI=1S/C11H14BrF2NO.ClH/c1-2-16-10-4-3-7(12)5-8(10)9(15)6-11(13)14;/h3-5,9,11H,2,6,15H2,1H3;1H/t9-;/m1./s1. The largest absolute Gasteiger partial charge is 0.494 e. The third-order valence-electron chi connectivity index (χ3n) is 2.10. The number of rotatable bonds is 5. The van der Waals surface area contributed by atoms with Gasteiger partial charge < -0.3 is 10.5 Å². The van der Waals surface area contributed by atoms with Crippen molar-refractivity contribution < 1.29 is 13.5 Å². The first kappa shape index (κ1) is 16.6. The van der Waals surface area contributed by atoms with Crippen LogP contribution in [0.1, 0.15) is 24.9 Å². The van der Waals surface area contributed by atoms with Gasteiger partial charge in [-0.25, -0.2) is 8.78 Å². The molecule has 0 bridgehead atoms. The van der Waals surface area contributed by atoms with E-state index >= 15 is 0 Å². The Bertz CT molecular complexity index is 352. The van der Waals surface area contributed by atoms with Gasteiger partial charge in [-0.15, -0.1) is 12.4 Å². The Morgan fingerprint density at radius 3 is 2.59 bits per heavy atom. The molecule has 0 aromatic heterocycles. The number of nitrogens with two attached hydrogens (primary N) is 1. The van der Waals surface area contributed by atoms with Crippen LogP contribution in [0.3, 0.4) is 0 Å². The van der Waals surface area contributed by atoms with Gasteiger partial charge in [0, 0.05) is 22.5 Å². The highest BCUT2D eigenvalue weighted by atomic mass is 79.9.